The van der Waals surface area contributed by atoms with Crippen LogP contribution in [-0.2, 0) is 4.79 Å². The monoisotopic (exact) mass is 345 g/mol. The van der Waals surface area contributed by atoms with E-state index in [0.717, 1.165) is 38.0 Å². The fourth-order valence-corrected chi connectivity index (χ4v) is 3.25. The molecular formula is C16H25Cl2N3O. The zero-order chi connectivity index (χ0) is 13.9. The first-order chi connectivity index (χ1) is 9.72. The van der Waals surface area contributed by atoms with E-state index in [1.807, 2.05) is 12.1 Å². The minimum Gasteiger partial charge on any atom is -0.371 e. The summed E-state index contributed by atoms with van der Waals surface area (Å²) in [5, 5.41) is 3.05. The molecule has 1 amide bonds. The first-order valence-corrected chi connectivity index (χ1v) is 7.64. The molecule has 124 valence electrons. The summed E-state index contributed by atoms with van der Waals surface area (Å²) in [5.74, 6) is 0.206. The Morgan fingerprint density at radius 1 is 1.18 bits per heavy atom. The number of rotatable bonds is 3. The molecule has 0 aromatic heterocycles. The predicted molar refractivity (Wildman–Crippen MR) is 96.3 cm³/mol. The van der Waals surface area contributed by atoms with Crippen molar-refractivity contribution in [2.75, 3.05) is 23.3 Å². The van der Waals surface area contributed by atoms with Crippen molar-refractivity contribution in [3.05, 3.63) is 24.3 Å². The summed E-state index contributed by atoms with van der Waals surface area (Å²) in [6.45, 7) is 2.24. The lowest BCUT2D eigenvalue weighted by Crippen LogP contribution is -2.23. The highest BCUT2D eigenvalue weighted by atomic mass is 35.5. The van der Waals surface area contributed by atoms with Gasteiger partial charge >= 0.3 is 0 Å². The average molecular weight is 346 g/mol. The van der Waals surface area contributed by atoms with E-state index in [4.69, 9.17) is 5.73 Å². The van der Waals surface area contributed by atoms with Gasteiger partial charge in [0.2, 0.25) is 5.91 Å². The first-order valence-electron chi connectivity index (χ1n) is 7.64. The van der Waals surface area contributed by atoms with E-state index in [1.165, 1.54) is 18.5 Å². The van der Waals surface area contributed by atoms with Crippen LogP contribution >= 0.6 is 24.8 Å². The molecule has 1 saturated carbocycles. The highest BCUT2D eigenvalue weighted by Gasteiger charge is 2.27. The Balaban J connectivity index is 0.00000121. The summed E-state index contributed by atoms with van der Waals surface area (Å²) >= 11 is 0. The zero-order valence-electron chi connectivity index (χ0n) is 12.7. The number of hydrogen-bond donors (Lipinski definition) is 2. The van der Waals surface area contributed by atoms with Gasteiger partial charge in [-0.15, -0.1) is 24.8 Å². The van der Waals surface area contributed by atoms with Crippen molar-refractivity contribution in [1.29, 1.82) is 0 Å². The summed E-state index contributed by atoms with van der Waals surface area (Å²) in [6, 6.07) is 8.38. The molecule has 2 atom stereocenters. The van der Waals surface area contributed by atoms with Crippen molar-refractivity contribution in [3.63, 3.8) is 0 Å². The maximum atomic E-state index is 12.2. The third-order valence-corrected chi connectivity index (χ3v) is 4.43. The van der Waals surface area contributed by atoms with Gasteiger partial charge in [-0.25, -0.2) is 0 Å². The third-order valence-electron chi connectivity index (χ3n) is 4.43. The summed E-state index contributed by atoms with van der Waals surface area (Å²) < 4.78 is 0. The van der Waals surface area contributed by atoms with Crippen LogP contribution in [0.2, 0.25) is 0 Å². The summed E-state index contributed by atoms with van der Waals surface area (Å²) in [4.78, 5) is 14.6. The Bertz CT molecular complexity index is 492. The summed E-state index contributed by atoms with van der Waals surface area (Å²) in [5.41, 5.74) is 7.99. The Labute approximate surface area is 144 Å². The van der Waals surface area contributed by atoms with Crippen LogP contribution < -0.4 is 16.0 Å². The minimum atomic E-state index is 0. The Morgan fingerprint density at radius 3 is 2.55 bits per heavy atom. The van der Waals surface area contributed by atoms with E-state index in [1.54, 1.807) is 0 Å². The van der Waals surface area contributed by atoms with Crippen molar-refractivity contribution < 1.29 is 4.79 Å². The molecule has 1 saturated heterocycles. The number of nitrogens with two attached hydrogens (primary N) is 1. The van der Waals surface area contributed by atoms with E-state index in [9.17, 15) is 4.79 Å². The van der Waals surface area contributed by atoms with E-state index in [0.29, 0.717) is 0 Å². The number of halogens is 2. The SMILES string of the molecule is Cl.Cl.NC1CCC(C(=O)Nc2cccc(N3CCCC3)c2)C1. The number of carbonyl (C=O) groups excluding carboxylic acids is 1. The molecule has 0 bridgehead atoms. The second-order valence-electron chi connectivity index (χ2n) is 6.00. The van der Waals surface area contributed by atoms with Crippen LogP contribution in [0.5, 0.6) is 0 Å². The lowest BCUT2D eigenvalue weighted by Gasteiger charge is -2.19. The molecular weight excluding hydrogens is 321 g/mol. The van der Waals surface area contributed by atoms with Gasteiger partial charge in [-0.05, 0) is 50.3 Å². The molecule has 22 heavy (non-hydrogen) atoms. The van der Waals surface area contributed by atoms with Crippen LogP contribution in [-0.4, -0.2) is 25.0 Å². The molecule has 2 fully saturated rings. The van der Waals surface area contributed by atoms with Crippen molar-refractivity contribution in [1.82, 2.24) is 0 Å². The second-order valence-corrected chi connectivity index (χ2v) is 6.00. The van der Waals surface area contributed by atoms with Crippen molar-refractivity contribution in [2.24, 2.45) is 11.7 Å². The van der Waals surface area contributed by atoms with Crippen molar-refractivity contribution >= 4 is 42.1 Å². The van der Waals surface area contributed by atoms with E-state index in [-0.39, 0.29) is 42.7 Å². The first kappa shape index (κ1) is 19.1. The van der Waals surface area contributed by atoms with E-state index < -0.39 is 0 Å². The Morgan fingerprint density at radius 2 is 1.91 bits per heavy atom. The molecule has 3 rings (SSSR count). The summed E-state index contributed by atoms with van der Waals surface area (Å²) in [6.07, 6.45) is 5.22. The molecule has 1 aromatic rings. The molecule has 3 N–H and O–H groups in total. The topological polar surface area (TPSA) is 58.4 Å². The van der Waals surface area contributed by atoms with E-state index in [2.05, 4.69) is 22.3 Å². The molecule has 2 unspecified atom stereocenters. The van der Waals surface area contributed by atoms with Crippen LogP contribution in [0.25, 0.3) is 0 Å². The van der Waals surface area contributed by atoms with Gasteiger partial charge in [-0.2, -0.15) is 0 Å². The highest BCUT2D eigenvalue weighted by molar-refractivity contribution is 5.93. The maximum absolute atomic E-state index is 12.2. The fraction of sp³-hybridized carbons (Fsp3) is 0.562. The number of hydrogen-bond acceptors (Lipinski definition) is 3. The van der Waals surface area contributed by atoms with E-state index >= 15 is 0 Å². The predicted octanol–water partition coefficient (Wildman–Crippen LogP) is 3.20. The smallest absolute Gasteiger partial charge is 0.227 e. The number of anilines is 2. The number of nitrogens with zero attached hydrogens (tertiary/aromatic N) is 1. The lowest BCUT2D eigenvalue weighted by molar-refractivity contribution is -0.119. The number of nitrogens with one attached hydrogen (secondary N) is 1. The minimum absolute atomic E-state index is 0. The molecule has 1 aromatic carbocycles. The normalized spacial score (nSPS) is 23.6. The second kappa shape index (κ2) is 8.61. The quantitative estimate of drug-likeness (QED) is 0.884. The molecule has 1 aliphatic heterocycles. The van der Waals surface area contributed by atoms with Crippen molar-refractivity contribution in [3.8, 4) is 0 Å². The molecule has 4 nitrogen and oxygen atoms in total. The molecule has 0 radical (unpaired) electrons. The standard InChI is InChI=1S/C16H23N3O.2ClH/c17-13-7-6-12(10-13)16(20)18-14-4-3-5-15(11-14)19-8-1-2-9-19;;/h3-5,11-13H,1-2,6-10,17H2,(H,18,20);2*1H. The van der Waals surface area contributed by atoms with Gasteiger partial charge in [-0.3, -0.25) is 4.79 Å². The van der Waals surface area contributed by atoms with Crippen LogP contribution in [0.4, 0.5) is 11.4 Å². The van der Waals surface area contributed by atoms with Gasteiger partial charge in [0.25, 0.3) is 0 Å². The van der Waals surface area contributed by atoms with Crippen LogP contribution in [0.1, 0.15) is 32.1 Å². The lowest BCUT2D eigenvalue weighted by atomic mass is 10.1. The Hall–Kier alpha value is -0.970. The van der Waals surface area contributed by atoms with Crippen LogP contribution in [0.15, 0.2) is 24.3 Å². The Kier molecular flexibility index (Phi) is 7.46. The number of carbonyl (C=O) groups is 1. The van der Waals surface area contributed by atoms with Gasteiger partial charge < -0.3 is 16.0 Å². The third kappa shape index (κ3) is 4.51. The number of amides is 1. The van der Waals surface area contributed by atoms with Gasteiger partial charge in [0.15, 0.2) is 0 Å². The summed E-state index contributed by atoms with van der Waals surface area (Å²) in [7, 11) is 0. The van der Waals surface area contributed by atoms with Crippen molar-refractivity contribution in [2.45, 2.75) is 38.1 Å². The van der Waals surface area contributed by atoms with Gasteiger partial charge in [-0.1, -0.05) is 6.07 Å². The molecule has 1 aliphatic carbocycles. The molecule has 0 spiro atoms. The fourth-order valence-electron chi connectivity index (χ4n) is 3.25. The van der Waals surface area contributed by atoms with Gasteiger partial charge in [0, 0.05) is 36.4 Å². The average Bonchev–Trinajstić information content (AvgIpc) is 3.10. The largest absolute Gasteiger partial charge is 0.371 e. The number of benzene rings is 1. The van der Waals surface area contributed by atoms with Gasteiger partial charge in [0.05, 0.1) is 0 Å². The highest BCUT2D eigenvalue weighted by Crippen LogP contribution is 2.27. The molecule has 1 heterocycles. The maximum Gasteiger partial charge on any atom is 0.227 e. The van der Waals surface area contributed by atoms with Gasteiger partial charge in [0.1, 0.15) is 0 Å². The molecule has 6 heteroatoms. The van der Waals surface area contributed by atoms with Crippen LogP contribution in [0, 0.1) is 5.92 Å². The van der Waals surface area contributed by atoms with Crippen LogP contribution in [0.3, 0.4) is 0 Å². The zero-order valence-corrected chi connectivity index (χ0v) is 14.3. The molecule has 2 aliphatic rings.